The molecule has 1 aliphatic rings. The van der Waals surface area contributed by atoms with Crippen LogP contribution in [0.3, 0.4) is 0 Å². The summed E-state index contributed by atoms with van der Waals surface area (Å²) in [5, 5.41) is 0. The minimum absolute atomic E-state index is 0.0223. The van der Waals surface area contributed by atoms with Crippen LogP contribution in [0.2, 0.25) is 0 Å². The maximum atomic E-state index is 12.2. The largest absolute Gasteiger partial charge is 0.483 e. The minimum Gasteiger partial charge on any atom is -0.483 e. The number of benzene rings is 2. The molecule has 1 heterocycles. The summed E-state index contributed by atoms with van der Waals surface area (Å²) in [6, 6.07) is 10.7. The van der Waals surface area contributed by atoms with Gasteiger partial charge in [-0.1, -0.05) is 6.07 Å². The zero-order chi connectivity index (χ0) is 21.5. The van der Waals surface area contributed by atoms with Gasteiger partial charge >= 0.3 is 5.97 Å². The maximum Gasteiger partial charge on any atom is 0.337 e. The van der Waals surface area contributed by atoms with Crippen LogP contribution in [-0.4, -0.2) is 63.0 Å². The number of amides is 1. The second-order valence-electron chi connectivity index (χ2n) is 6.72. The van der Waals surface area contributed by atoms with Gasteiger partial charge in [0, 0.05) is 19.3 Å². The van der Waals surface area contributed by atoms with E-state index in [1.807, 2.05) is 25.1 Å². The summed E-state index contributed by atoms with van der Waals surface area (Å²) in [6.07, 6.45) is 1.71. The summed E-state index contributed by atoms with van der Waals surface area (Å²) in [4.78, 5) is 30.2. The number of rotatable bonds is 6. The molecule has 30 heavy (non-hydrogen) atoms. The van der Waals surface area contributed by atoms with Gasteiger partial charge in [0.1, 0.15) is 5.75 Å². The van der Waals surface area contributed by atoms with Crippen LogP contribution in [0.15, 0.2) is 45.9 Å². The quantitative estimate of drug-likeness (QED) is 0.472. The molecule has 2 aromatic rings. The lowest BCUT2D eigenvalue weighted by molar-refractivity contribution is -0.137. The lowest BCUT2D eigenvalue weighted by atomic mass is 10.1. The van der Waals surface area contributed by atoms with Crippen LogP contribution in [0.4, 0.5) is 5.69 Å². The Labute approximate surface area is 183 Å². The van der Waals surface area contributed by atoms with Gasteiger partial charge in [-0.25, -0.2) is 4.79 Å². The SMILES string of the molecule is COC(=O)c1ccc(C)c(N=Cc2ccc(OCC(=O)N3CCOCC3)c(Br)c2)c1. The molecule has 0 N–H and O–H groups in total. The topological polar surface area (TPSA) is 77.4 Å². The van der Waals surface area contributed by atoms with Gasteiger partial charge in [-0.15, -0.1) is 0 Å². The number of nitrogens with zero attached hydrogens (tertiary/aromatic N) is 2. The number of halogens is 1. The molecule has 0 bridgehead atoms. The molecule has 1 saturated heterocycles. The van der Waals surface area contributed by atoms with Gasteiger partial charge in [-0.3, -0.25) is 9.79 Å². The van der Waals surface area contributed by atoms with E-state index in [2.05, 4.69) is 20.9 Å². The van der Waals surface area contributed by atoms with Gasteiger partial charge in [0.25, 0.3) is 5.91 Å². The van der Waals surface area contributed by atoms with Crippen molar-refractivity contribution in [1.82, 2.24) is 4.90 Å². The number of methoxy groups -OCH3 is 1. The van der Waals surface area contributed by atoms with Gasteiger partial charge in [0.05, 0.1) is 36.0 Å². The maximum absolute atomic E-state index is 12.2. The summed E-state index contributed by atoms with van der Waals surface area (Å²) >= 11 is 3.48. The summed E-state index contributed by atoms with van der Waals surface area (Å²) < 4.78 is 16.4. The van der Waals surface area contributed by atoms with Crippen molar-refractivity contribution in [3.8, 4) is 5.75 Å². The van der Waals surface area contributed by atoms with E-state index >= 15 is 0 Å². The average molecular weight is 475 g/mol. The normalized spacial score (nSPS) is 14.0. The van der Waals surface area contributed by atoms with E-state index in [0.29, 0.717) is 43.3 Å². The molecule has 158 valence electrons. The molecule has 3 rings (SSSR count). The molecule has 0 atom stereocenters. The van der Waals surface area contributed by atoms with Crippen molar-refractivity contribution in [2.45, 2.75) is 6.92 Å². The standard InChI is InChI=1S/C22H23BrN2O5/c1-15-3-5-17(22(27)28-2)12-19(15)24-13-16-4-6-20(18(23)11-16)30-14-21(26)25-7-9-29-10-8-25/h3-6,11-13H,7-10,14H2,1-2H3. The average Bonchev–Trinajstić information content (AvgIpc) is 2.77. The Kier molecular flexibility index (Phi) is 7.59. The highest BCUT2D eigenvalue weighted by molar-refractivity contribution is 9.10. The molecule has 1 fully saturated rings. The summed E-state index contributed by atoms with van der Waals surface area (Å²) in [5.74, 6) is 0.122. The van der Waals surface area contributed by atoms with Crippen LogP contribution < -0.4 is 4.74 Å². The van der Waals surface area contributed by atoms with Crippen LogP contribution in [0, 0.1) is 6.92 Å². The molecule has 1 amide bonds. The Bertz CT molecular complexity index is 955. The molecular weight excluding hydrogens is 452 g/mol. The summed E-state index contributed by atoms with van der Waals surface area (Å²) in [7, 11) is 1.35. The fourth-order valence-corrected chi connectivity index (χ4v) is 3.41. The van der Waals surface area contributed by atoms with Crippen LogP contribution in [-0.2, 0) is 14.3 Å². The molecule has 8 heteroatoms. The number of hydrogen-bond acceptors (Lipinski definition) is 6. The minimum atomic E-state index is -0.401. The van der Waals surface area contributed by atoms with E-state index in [1.165, 1.54) is 7.11 Å². The first-order valence-corrected chi connectivity index (χ1v) is 10.3. The van der Waals surface area contributed by atoms with Crippen LogP contribution in [0.25, 0.3) is 0 Å². The number of hydrogen-bond donors (Lipinski definition) is 0. The molecule has 2 aromatic carbocycles. The molecule has 0 aromatic heterocycles. The Hall–Kier alpha value is -2.71. The van der Waals surface area contributed by atoms with E-state index in [0.717, 1.165) is 15.6 Å². The first kappa shape index (κ1) is 22.0. The molecular formula is C22H23BrN2O5. The Morgan fingerprint density at radius 2 is 1.97 bits per heavy atom. The third kappa shape index (κ3) is 5.67. The van der Waals surface area contributed by atoms with Crippen molar-refractivity contribution < 1.29 is 23.8 Å². The fraction of sp³-hybridized carbons (Fsp3) is 0.318. The highest BCUT2D eigenvalue weighted by atomic mass is 79.9. The van der Waals surface area contributed by atoms with Crippen LogP contribution in [0.5, 0.6) is 5.75 Å². The predicted octanol–water partition coefficient (Wildman–Crippen LogP) is 3.53. The second kappa shape index (κ2) is 10.4. The number of aliphatic imine (C=N–C) groups is 1. The number of carbonyl (C=O) groups excluding carboxylic acids is 2. The smallest absolute Gasteiger partial charge is 0.337 e. The molecule has 0 saturated carbocycles. The Morgan fingerprint density at radius 1 is 1.20 bits per heavy atom. The highest BCUT2D eigenvalue weighted by Gasteiger charge is 2.17. The Balaban J connectivity index is 1.65. The van der Waals surface area contributed by atoms with E-state index in [-0.39, 0.29) is 12.5 Å². The van der Waals surface area contributed by atoms with Gasteiger partial charge in [-0.2, -0.15) is 0 Å². The van der Waals surface area contributed by atoms with Crippen molar-refractivity contribution in [1.29, 1.82) is 0 Å². The molecule has 0 spiro atoms. The van der Waals surface area contributed by atoms with Crippen molar-refractivity contribution in [2.75, 3.05) is 40.0 Å². The molecule has 7 nitrogen and oxygen atoms in total. The highest BCUT2D eigenvalue weighted by Crippen LogP contribution is 2.26. The van der Waals surface area contributed by atoms with Crippen molar-refractivity contribution >= 4 is 39.7 Å². The molecule has 0 radical (unpaired) electrons. The molecule has 0 unspecified atom stereocenters. The zero-order valence-electron chi connectivity index (χ0n) is 16.9. The number of ether oxygens (including phenoxy) is 3. The first-order chi connectivity index (χ1) is 14.5. The van der Waals surface area contributed by atoms with Gasteiger partial charge < -0.3 is 19.1 Å². The second-order valence-corrected chi connectivity index (χ2v) is 7.58. The number of aryl methyl sites for hydroxylation is 1. The molecule has 1 aliphatic heterocycles. The van der Waals surface area contributed by atoms with E-state index < -0.39 is 5.97 Å². The first-order valence-electron chi connectivity index (χ1n) is 9.49. The summed E-state index contributed by atoms with van der Waals surface area (Å²) in [6.45, 7) is 4.21. The van der Waals surface area contributed by atoms with Crippen molar-refractivity contribution in [3.05, 3.63) is 57.6 Å². The fourth-order valence-electron chi connectivity index (χ4n) is 2.90. The van der Waals surface area contributed by atoms with Gasteiger partial charge in [0.15, 0.2) is 6.61 Å². The third-order valence-electron chi connectivity index (χ3n) is 4.65. The lowest BCUT2D eigenvalue weighted by Crippen LogP contribution is -2.43. The van der Waals surface area contributed by atoms with Gasteiger partial charge in [-0.05, 0) is 64.3 Å². The third-order valence-corrected chi connectivity index (χ3v) is 5.27. The zero-order valence-corrected chi connectivity index (χ0v) is 18.5. The number of morpholine rings is 1. The van der Waals surface area contributed by atoms with E-state index in [4.69, 9.17) is 14.2 Å². The van der Waals surface area contributed by atoms with E-state index in [9.17, 15) is 9.59 Å². The lowest BCUT2D eigenvalue weighted by Gasteiger charge is -2.26. The Morgan fingerprint density at radius 3 is 2.67 bits per heavy atom. The van der Waals surface area contributed by atoms with Crippen molar-refractivity contribution in [2.24, 2.45) is 4.99 Å². The number of esters is 1. The van der Waals surface area contributed by atoms with E-state index in [1.54, 1.807) is 29.3 Å². The molecule has 0 aliphatic carbocycles. The monoisotopic (exact) mass is 474 g/mol. The van der Waals surface area contributed by atoms with Crippen LogP contribution >= 0.6 is 15.9 Å². The van der Waals surface area contributed by atoms with Gasteiger partial charge in [0.2, 0.25) is 0 Å². The predicted molar refractivity (Wildman–Crippen MR) is 117 cm³/mol. The van der Waals surface area contributed by atoms with Crippen LogP contribution in [0.1, 0.15) is 21.5 Å². The number of carbonyl (C=O) groups is 2. The van der Waals surface area contributed by atoms with Crippen molar-refractivity contribution in [3.63, 3.8) is 0 Å². The summed E-state index contributed by atoms with van der Waals surface area (Å²) in [5.41, 5.74) is 2.92.